The number of aromatic nitrogens is 2. The van der Waals surface area contributed by atoms with Crippen LogP contribution in [0.4, 0.5) is 0 Å². The highest BCUT2D eigenvalue weighted by atomic mass is 16.1. The van der Waals surface area contributed by atoms with E-state index in [1.54, 1.807) is 24.8 Å². The monoisotopic (exact) mass is 341 g/mol. The molecule has 2 heterocycles. The number of imidazole rings is 1. The van der Waals surface area contributed by atoms with Gasteiger partial charge in [-0.05, 0) is 67.8 Å². The largest absolute Gasteiger partial charge is 0.351 e. The second kappa shape index (κ2) is 6.30. The number of carbonyl (C=O) groups is 1. The molecule has 3 fully saturated rings. The third-order valence-corrected chi connectivity index (χ3v) is 7.87. The molecule has 0 saturated heterocycles. The normalized spacial score (nSPS) is 44.6. The summed E-state index contributed by atoms with van der Waals surface area (Å²) in [6, 6.07) is 0.381. The molecule has 136 valence electrons. The van der Waals surface area contributed by atoms with E-state index in [0.717, 1.165) is 17.8 Å². The number of hydrogen-bond donors (Lipinski definition) is 2. The second-order valence-corrected chi connectivity index (χ2v) is 9.06. The molecule has 0 radical (unpaired) electrons. The highest BCUT2D eigenvalue weighted by Gasteiger charge is 2.57. The van der Waals surface area contributed by atoms with E-state index in [4.69, 9.17) is 0 Å². The molecular weight excluding hydrogens is 310 g/mol. The van der Waals surface area contributed by atoms with Crippen LogP contribution >= 0.6 is 0 Å². The van der Waals surface area contributed by atoms with Crippen molar-refractivity contribution in [3.63, 3.8) is 0 Å². The van der Waals surface area contributed by atoms with Crippen LogP contribution in [0.15, 0.2) is 30.9 Å². The van der Waals surface area contributed by atoms with E-state index in [0.29, 0.717) is 11.5 Å². The molecular formula is C21H31N3O. The smallest absolute Gasteiger partial charge is 0.243 e. The van der Waals surface area contributed by atoms with Crippen molar-refractivity contribution in [3.8, 4) is 0 Å². The maximum atomic E-state index is 11.7. The van der Waals surface area contributed by atoms with E-state index in [9.17, 15) is 4.79 Å². The Kier molecular flexibility index (Phi) is 4.25. The van der Waals surface area contributed by atoms with Crippen molar-refractivity contribution in [2.45, 2.75) is 64.8 Å². The SMILES string of the molecule is C[C@@]12CCCC1C1CC[C@H]3NC(=O)C=C[C@]3(C)C1CC2.c1c[nH]cn1. The number of rotatable bonds is 0. The van der Waals surface area contributed by atoms with Gasteiger partial charge in [-0.15, -0.1) is 0 Å². The molecule has 1 amide bonds. The number of nitrogens with zero attached hydrogens (tertiary/aromatic N) is 1. The quantitative estimate of drug-likeness (QED) is 0.747. The van der Waals surface area contributed by atoms with Gasteiger partial charge in [0.15, 0.2) is 0 Å². The van der Waals surface area contributed by atoms with Crippen molar-refractivity contribution in [2.75, 3.05) is 0 Å². The second-order valence-electron chi connectivity index (χ2n) is 9.06. The van der Waals surface area contributed by atoms with Crippen LogP contribution in [0.2, 0.25) is 0 Å². The average molecular weight is 341 g/mol. The zero-order chi connectivity index (χ0) is 17.5. The molecule has 1 aromatic rings. The van der Waals surface area contributed by atoms with Crippen LogP contribution in [0.3, 0.4) is 0 Å². The van der Waals surface area contributed by atoms with Gasteiger partial charge in [0.25, 0.3) is 0 Å². The summed E-state index contributed by atoms with van der Waals surface area (Å²) in [4.78, 5) is 18.1. The lowest BCUT2D eigenvalue weighted by atomic mass is 9.49. The first-order valence-electron chi connectivity index (χ1n) is 9.95. The number of hydrogen-bond acceptors (Lipinski definition) is 2. The maximum absolute atomic E-state index is 11.7. The average Bonchev–Trinajstić information content (AvgIpc) is 3.27. The van der Waals surface area contributed by atoms with Gasteiger partial charge in [0, 0.05) is 23.9 Å². The lowest BCUT2D eigenvalue weighted by molar-refractivity contribution is -0.122. The molecule has 6 atom stereocenters. The first-order chi connectivity index (χ1) is 12.0. The molecule has 4 heteroatoms. The Hall–Kier alpha value is -1.58. The number of nitrogens with one attached hydrogen (secondary N) is 2. The first-order valence-corrected chi connectivity index (χ1v) is 9.95. The minimum atomic E-state index is 0.118. The zero-order valence-corrected chi connectivity index (χ0v) is 15.5. The highest BCUT2D eigenvalue weighted by molar-refractivity contribution is 5.89. The molecule has 2 N–H and O–H groups in total. The van der Waals surface area contributed by atoms with Crippen molar-refractivity contribution in [2.24, 2.45) is 28.6 Å². The lowest BCUT2D eigenvalue weighted by Gasteiger charge is -2.58. The predicted octanol–water partition coefficient (Wildman–Crippen LogP) is 4.08. The van der Waals surface area contributed by atoms with Gasteiger partial charge in [0.1, 0.15) is 0 Å². The van der Waals surface area contributed by atoms with Gasteiger partial charge in [0.2, 0.25) is 5.91 Å². The summed E-state index contributed by atoms with van der Waals surface area (Å²) in [6.45, 7) is 4.95. The van der Waals surface area contributed by atoms with Crippen molar-refractivity contribution in [1.29, 1.82) is 0 Å². The topological polar surface area (TPSA) is 57.8 Å². The number of amides is 1. The van der Waals surface area contributed by atoms with Crippen LogP contribution in [0, 0.1) is 28.6 Å². The minimum Gasteiger partial charge on any atom is -0.351 e. The Morgan fingerprint density at radius 3 is 2.72 bits per heavy atom. The fourth-order valence-corrected chi connectivity index (χ4v) is 6.54. The predicted molar refractivity (Wildman–Crippen MR) is 98.7 cm³/mol. The van der Waals surface area contributed by atoms with E-state index in [1.807, 2.05) is 0 Å². The molecule has 3 aliphatic carbocycles. The highest BCUT2D eigenvalue weighted by Crippen LogP contribution is 2.63. The van der Waals surface area contributed by atoms with Crippen LogP contribution in [0.5, 0.6) is 0 Å². The van der Waals surface area contributed by atoms with E-state index in [2.05, 4.69) is 35.2 Å². The molecule has 0 bridgehead atoms. The summed E-state index contributed by atoms with van der Waals surface area (Å²) in [5, 5.41) is 3.24. The summed E-state index contributed by atoms with van der Waals surface area (Å²) in [6.07, 6.45) is 18.8. The van der Waals surface area contributed by atoms with Crippen molar-refractivity contribution in [3.05, 3.63) is 30.9 Å². The molecule has 25 heavy (non-hydrogen) atoms. The molecule has 0 spiro atoms. The number of carbonyl (C=O) groups excluding carboxylic acids is 1. The molecule has 3 saturated carbocycles. The fourth-order valence-electron chi connectivity index (χ4n) is 6.54. The third kappa shape index (κ3) is 2.84. The molecule has 4 nitrogen and oxygen atoms in total. The van der Waals surface area contributed by atoms with E-state index in [1.165, 1.54) is 44.9 Å². The molecule has 5 rings (SSSR count). The van der Waals surface area contributed by atoms with Gasteiger partial charge in [-0.25, -0.2) is 4.98 Å². The summed E-state index contributed by atoms with van der Waals surface area (Å²) in [5.74, 6) is 2.75. The van der Waals surface area contributed by atoms with Gasteiger partial charge in [-0.3, -0.25) is 4.79 Å². The molecule has 1 aromatic heterocycles. The Bertz CT molecular complexity index is 622. The van der Waals surface area contributed by atoms with Crippen LogP contribution in [0.1, 0.15) is 58.8 Å². The van der Waals surface area contributed by atoms with Crippen LogP contribution in [0.25, 0.3) is 0 Å². The standard InChI is InChI=1S/C18H27NO.C3H4N2/c1-17-9-3-4-13(17)12-5-6-15-18(2,14(12)7-10-17)11-8-16(20)19-15;1-2-5-3-4-1/h8,11-15H,3-7,9-10H2,1-2H3,(H,19,20);1-3H,(H,4,5)/t12?,13?,14?,15-,17+,18-;/m1./s1. The van der Waals surface area contributed by atoms with Crippen molar-refractivity contribution >= 4 is 5.91 Å². The fraction of sp³-hybridized carbons (Fsp3) is 0.714. The van der Waals surface area contributed by atoms with Gasteiger partial charge >= 0.3 is 0 Å². The third-order valence-electron chi connectivity index (χ3n) is 7.87. The van der Waals surface area contributed by atoms with Gasteiger partial charge in [-0.2, -0.15) is 0 Å². The maximum Gasteiger partial charge on any atom is 0.243 e. The number of aromatic amines is 1. The number of H-pyrrole nitrogens is 1. The Morgan fingerprint density at radius 2 is 2.00 bits per heavy atom. The van der Waals surface area contributed by atoms with Gasteiger partial charge < -0.3 is 10.3 Å². The molecule has 4 aliphatic rings. The Labute approximate surface area is 150 Å². The summed E-state index contributed by atoms with van der Waals surface area (Å²) < 4.78 is 0. The van der Waals surface area contributed by atoms with E-state index in [-0.39, 0.29) is 11.3 Å². The molecule has 3 unspecified atom stereocenters. The minimum absolute atomic E-state index is 0.118. The number of fused-ring (bicyclic) bond motifs is 5. The van der Waals surface area contributed by atoms with Gasteiger partial charge in [0.05, 0.1) is 6.33 Å². The lowest BCUT2D eigenvalue weighted by Crippen LogP contribution is -2.58. The van der Waals surface area contributed by atoms with Crippen LogP contribution in [-0.4, -0.2) is 21.9 Å². The zero-order valence-electron chi connectivity index (χ0n) is 15.5. The Morgan fingerprint density at radius 1 is 1.12 bits per heavy atom. The van der Waals surface area contributed by atoms with Crippen molar-refractivity contribution < 1.29 is 4.79 Å². The summed E-state index contributed by atoms with van der Waals surface area (Å²) >= 11 is 0. The van der Waals surface area contributed by atoms with E-state index < -0.39 is 0 Å². The van der Waals surface area contributed by atoms with Crippen molar-refractivity contribution in [1.82, 2.24) is 15.3 Å². The van der Waals surface area contributed by atoms with Crippen LogP contribution in [-0.2, 0) is 4.79 Å². The van der Waals surface area contributed by atoms with E-state index >= 15 is 0 Å². The first kappa shape index (κ1) is 16.9. The molecule has 0 aromatic carbocycles. The molecule has 1 aliphatic heterocycles. The van der Waals surface area contributed by atoms with Crippen LogP contribution < -0.4 is 5.32 Å². The Balaban J connectivity index is 0.000000272. The summed E-state index contributed by atoms with van der Waals surface area (Å²) in [7, 11) is 0. The summed E-state index contributed by atoms with van der Waals surface area (Å²) in [5.41, 5.74) is 0.840. The van der Waals surface area contributed by atoms with Gasteiger partial charge in [-0.1, -0.05) is 26.3 Å².